The maximum absolute atomic E-state index is 12.8. The molecule has 1 fully saturated rings. The highest BCUT2D eigenvalue weighted by Gasteiger charge is 2.26. The van der Waals surface area contributed by atoms with Crippen molar-refractivity contribution in [2.24, 2.45) is 0 Å². The van der Waals surface area contributed by atoms with Gasteiger partial charge in [-0.1, -0.05) is 18.2 Å². The topological polar surface area (TPSA) is 140 Å². The molecule has 0 aromatic heterocycles. The number of nitrogens with one attached hydrogen (secondary N) is 3. The van der Waals surface area contributed by atoms with Gasteiger partial charge in [-0.15, -0.1) is 0 Å². The molecule has 0 spiro atoms. The lowest BCUT2D eigenvalue weighted by atomic mass is 10.1. The van der Waals surface area contributed by atoms with Crippen LogP contribution in [-0.4, -0.2) is 68.7 Å². The van der Waals surface area contributed by atoms with Crippen LogP contribution < -0.4 is 16.0 Å². The fraction of sp³-hybridized carbons (Fsp3) is 0.296. The SMILES string of the molecule is O=CNc1cc([C@@H](O)CNCCc2ccc(Nc3ccc(S(=O)(=O)N4CCOCC4)cc3)cc2)ccc1O. The quantitative estimate of drug-likeness (QED) is 0.134. The number of aromatic hydroxyl groups is 1. The van der Waals surface area contributed by atoms with E-state index in [1.807, 2.05) is 24.3 Å². The van der Waals surface area contributed by atoms with Crippen LogP contribution >= 0.6 is 0 Å². The molecule has 1 amide bonds. The van der Waals surface area contributed by atoms with Crippen molar-refractivity contribution in [1.82, 2.24) is 9.62 Å². The van der Waals surface area contributed by atoms with Crippen molar-refractivity contribution in [3.8, 4) is 5.75 Å². The molecule has 4 rings (SSSR count). The highest BCUT2D eigenvalue weighted by atomic mass is 32.2. The Balaban J connectivity index is 1.24. The molecule has 0 radical (unpaired) electrons. The summed E-state index contributed by atoms with van der Waals surface area (Å²) in [5, 5.41) is 29.0. The first-order chi connectivity index (χ1) is 18.4. The summed E-state index contributed by atoms with van der Waals surface area (Å²) >= 11 is 0. The summed E-state index contributed by atoms with van der Waals surface area (Å²) in [6.07, 6.45) is 0.444. The average molecular weight is 541 g/mol. The van der Waals surface area contributed by atoms with Crippen LogP contribution in [-0.2, 0) is 26.0 Å². The van der Waals surface area contributed by atoms with E-state index in [9.17, 15) is 23.4 Å². The third-order valence-electron chi connectivity index (χ3n) is 6.25. The summed E-state index contributed by atoms with van der Waals surface area (Å²) in [6, 6.07) is 19.2. The lowest BCUT2D eigenvalue weighted by Gasteiger charge is -2.26. The molecule has 0 bridgehead atoms. The highest BCUT2D eigenvalue weighted by Crippen LogP contribution is 2.26. The van der Waals surface area contributed by atoms with Crippen molar-refractivity contribution >= 4 is 33.5 Å². The first kappa shape index (κ1) is 27.6. The molecule has 11 heteroatoms. The number of phenols is 1. The zero-order valence-corrected chi connectivity index (χ0v) is 21.7. The Hall–Kier alpha value is -3.48. The molecule has 1 saturated heterocycles. The van der Waals surface area contributed by atoms with Crippen LogP contribution in [0.15, 0.2) is 71.6 Å². The number of morpholine rings is 1. The van der Waals surface area contributed by atoms with Gasteiger partial charge in [-0.3, -0.25) is 4.79 Å². The Bertz CT molecular complexity index is 1310. The van der Waals surface area contributed by atoms with E-state index >= 15 is 0 Å². The number of phenolic OH excluding ortho intramolecular Hbond substituents is 1. The number of ether oxygens (including phenoxy) is 1. The molecule has 202 valence electrons. The highest BCUT2D eigenvalue weighted by molar-refractivity contribution is 7.89. The predicted molar refractivity (Wildman–Crippen MR) is 145 cm³/mol. The van der Waals surface area contributed by atoms with Gasteiger partial charge in [0.15, 0.2) is 0 Å². The maximum atomic E-state index is 12.8. The van der Waals surface area contributed by atoms with Gasteiger partial charge < -0.3 is 30.9 Å². The smallest absolute Gasteiger partial charge is 0.243 e. The number of hydrogen-bond donors (Lipinski definition) is 5. The van der Waals surface area contributed by atoms with Gasteiger partial charge in [0.1, 0.15) is 5.75 Å². The number of carbonyl (C=O) groups is 1. The van der Waals surface area contributed by atoms with Crippen molar-refractivity contribution in [2.45, 2.75) is 17.4 Å². The minimum atomic E-state index is -3.52. The number of sulfonamides is 1. The molecular formula is C27H32N4O6S. The Kier molecular flexibility index (Phi) is 9.32. The van der Waals surface area contributed by atoms with Gasteiger partial charge in [0.25, 0.3) is 0 Å². The number of amides is 1. The van der Waals surface area contributed by atoms with Crippen LogP contribution in [0.25, 0.3) is 0 Å². The van der Waals surface area contributed by atoms with E-state index in [0.29, 0.717) is 51.4 Å². The zero-order valence-electron chi connectivity index (χ0n) is 20.8. The fourth-order valence-corrected chi connectivity index (χ4v) is 5.51. The normalized spacial score (nSPS) is 15.1. The number of nitrogens with zero attached hydrogens (tertiary/aromatic N) is 1. The van der Waals surface area contributed by atoms with Gasteiger partial charge in [0.05, 0.1) is 29.9 Å². The minimum absolute atomic E-state index is 0.0623. The van der Waals surface area contributed by atoms with Crippen LogP contribution in [0, 0.1) is 0 Å². The molecule has 3 aromatic rings. The number of rotatable bonds is 12. The van der Waals surface area contributed by atoms with Crippen molar-refractivity contribution in [1.29, 1.82) is 0 Å². The van der Waals surface area contributed by atoms with Gasteiger partial charge in [0.2, 0.25) is 16.4 Å². The molecule has 1 atom stereocenters. The van der Waals surface area contributed by atoms with E-state index in [1.165, 1.54) is 10.4 Å². The van der Waals surface area contributed by atoms with E-state index in [1.54, 1.807) is 36.4 Å². The second-order valence-electron chi connectivity index (χ2n) is 8.87. The van der Waals surface area contributed by atoms with Crippen LogP contribution in [0.1, 0.15) is 17.2 Å². The summed E-state index contributed by atoms with van der Waals surface area (Å²) in [4.78, 5) is 10.9. The lowest BCUT2D eigenvalue weighted by Crippen LogP contribution is -2.40. The van der Waals surface area contributed by atoms with Crippen LogP contribution in [0.4, 0.5) is 17.1 Å². The molecule has 0 aliphatic carbocycles. The standard InChI is InChI=1S/C27H32N4O6S/c32-19-29-25-17-21(3-10-26(25)33)27(34)18-28-12-11-20-1-4-22(5-2-20)30-23-6-8-24(9-7-23)38(35,36)31-13-15-37-16-14-31/h1-10,17,19,27-28,30,33-34H,11-16,18H2,(H,29,32)/t27-/m0/s1. The molecule has 0 saturated carbocycles. The van der Waals surface area contributed by atoms with Crippen molar-refractivity contribution in [3.63, 3.8) is 0 Å². The number of aliphatic hydroxyl groups excluding tert-OH is 1. The van der Waals surface area contributed by atoms with Gasteiger partial charge in [-0.25, -0.2) is 8.42 Å². The molecule has 10 nitrogen and oxygen atoms in total. The molecule has 1 aliphatic rings. The van der Waals surface area contributed by atoms with E-state index < -0.39 is 16.1 Å². The third kappa shape index (κ3) is 7.09. The second kappa shape index (κ2) is 12.9. The predicted octanol–water partition coefficient (Wildman–Crippen LogP) is 2.59. The van der Waals surface area contributed by atoms with Crippen LogP contribution in [0.3, 0.4) is 0 Å². The number of hydrogen-bond acceptors (Lipinski definition) is 8. The van der Waals surface area contributed by atoms with Crippen molar-refractivity contribution < 1.29 is 28.2 Å². The molecule has 38 heavy (non-hydrogen) atoms. The molecule has 5 N–H and O–H groups in total. The molecule has 3 aromatic carbocycles. The Morgan fingerprint density at radius 2 is 1.63 bits per heavy atom. The number of aliphatic hydroxyl groups is 1. The van der Waals surface area contributed by atoms with E-state index in [0.717, 1.165) is 23.4 Å². The van der Waals surface area contributed by atoms with Gasteiger partial charge >= 0.3 is 0 Å². The average Bonchev–Trinajstić information content (AvgIpc) is 2.94. The summed E-state index contributed by atoms with van der Waals surface area (Å²) in [7, 11) is -3.52. The van der Waals surface area contributed by atoms with E-state index in [2.05, 4.69) is 16.0 Å². The van der Waals surface area contributed by atoms with Gasteiger partial charge in [0, 0.05) is 31.0 Å². The summed E-state index contributed by atoms with van der Waals surface area (Å²) in [6.45, 7) is 2.53. The summed E-state index contributed by atoms with van der Waals surface area (Å²) < 4.78 is 32.2. The summed E-state index contributed by atoms with van der Waals surface area (Å²) in [5.41, 5.74) is 3.62. The number of anilines is 3. The first-order valence-electron chi connectivity index (χ1n) is 12.3. The first-order valence-corrected chi connectivity index (χ1v) is 13.8. The Labute approximate surface area is 222 Å². The van der Waals surface area contributed by atoms with E-state index in [4.69, 9.17) is 4.74 Å². The summed E-state index contributed by atoms with van der Waals surface area (Å²) in [5.74, 6) is -0.0623. The fourth-order valence-electron chi connectivity index (χ4n) is 4.10. The Morgan fingerprint density at radius 1 is 0.974 bits per heavy atom. The molecule has 0 unspecified atom stereocenters. The van der Waals surface area contributed by atoms with Crippen LogP contribution in [0.2, 0.25) is 0 Å². The molecule has 1 heterocycles. The number of benzene rings is 3. The number of carbonyl (C=O) groups excluding carboxylic acids is 1. The Morgan fingerprint density at radius 3 is 2.29 bits per heavy atom. The lowest BCUT2D eigenvalue weighted by molar-refractivity contribution is -0.105. The zero-order chi connectivity index (χ0) is 27.0. The largest absolute Gasteiger partial charge is 0.506 e. The maximum Gasteiger partial charge on any atom is 0.243 e. The van der Waals surface area contributed by atoms with E-state index in [-0.39, 0.29) is 16.3 Å². The third-order valence-corrected chi connectivity index (χ3v) is 8.17. The second-order valence-corrected chi connectivity index (χ2v) is 10.8. The van der Waals surface area contributed by atoms with Gasteiger partial charge in [-0.2, -0.15) is 4.31 Å². The molecular weight excluding hydrogens is 508 g/mol. The van der Waals surface area contributed by atoms with Crippen LogP contribution in [0.5, 0.6) is 5.75 Å². The van der Waals surface area contributed by atoms with Crippen molar-refractivity contribution in [3.05, 3.63) is 77.9 Å². The minimum Gasteiger partial charge on any atom is -0.506 e. The molecule has 1 aliphatic heterocycles. The monoisotopic (exact) mass is 540 g/mol. The van der Waals surface area contributed by atoms with Gasteiger partial charge in [-0.05, 0) is 72.6 Å². The van der Waals surface area contributed by atoms with Crippen molar-refractivity contribution in [2.75, 3.05) is 50.0 Å².